The van der Waals surface area contributed by atoms with E-state index < -0.39 is 0 Å². The summed E-state index contributed by atoms with van der Waals surface area (Å²) in [6, 6.07) is 6.08. The summed E-state index contributed by atoms with van der Waals surface area (Å²) in [7, 11) is 1.68. The predicted octanol–water partition coefficient (Wildman–Crippen LogP) is 2.19. The van der Waals surface area contributed by atoms with Crippen molar-refractivity contribution in [3.63, 3.8) is 0 Å². The van der Waals surface area contributed by atoms with Gasteiger partial charge >= 0.3 is 0 Å². The highest BCUT2D eigenvalue weighted by molar-refractivity contribution is 5.46. The minimum absolute atomic E-state index is 0.0252. The number of hydrogen-bond acceptors (Lipinski definition) is 4. The van der Waals surface area contributed by atoms with E-state index in [4.69, 9.17) is 10.5 Å². The Morgan fingerprint density at radius 3 is 2.58 bits per heavy atom. The van der Waals surface area contributed by atoms with Crippen molar-refractivity contribution < 1.29 is 4.74 Å². The van der Waals surface area contributed by atoms with Gasteiger partial charge in [0, 0.05) is 24.2 Å². The molecule has 0 saturated carbocycles. The molecule has 1 unspecified atom stereocenters. The highest BCUT2D eigenvalue weighted by atomic mass is 16.5. The van der Waals surface area contributed by atoms with Crippen molar-refractivity contribution in [2.45, 2.75) is 19.8 Å². The van der Waals surface area contributed by atoms with Gasteiger partial charge in [-0.2, -0.15) is 0 Å². The Morgan fingerprint density at radius 2 is 2.00 bits per heavy atom. The van der Waals surface area contributed by atoms with E-state index in [2.05, 4.69) is 35.9 Å². The van der Waals surface area contributed by atoms with Gasteiger partial charge in [0.2, 0.25) is 0 Å². The molecule has 1 heterocycles. The molecule has 0 fully saturated rings. The standard InChI is InChI=1S/C15H19N3O/c1-10-6-12(15(19-3)7-11(10)2)13(8-16)14-4-5-17-9-18-14/h4-7,9,13H,8,16H2,1-3H3. The lowest BCUT2D eigenvalue weighted by Gasteiger charge is -2.19. The highest BCUT2D eigenvalue weighted by Gasteiger charge is 2.19. The molecule has 1 atom stereocenters. The monoisotopic (exact) mass is 257 g/mol. The van der Waals surface area contributed by atoms with Crippen LogP contribution >= 0.6 is 0 Å². The smallest absolute Gasteiger partial charge is 0.123 e. The maximum Gasteiger partial charge on any atom is 0.123 e. The molecule has 0 radical (unpaired) electrons. The quantitative estimate of drug-likeness (QED) is 0.912. The fraction of sp³-hybridized carbons (Fsp3) is 0.333. The number of aromatic nitrogens is 2. The molecule has 2 rings (SSSR count). The van der Waals surface area contributed by atoms with Crippen molar-refractivity contribution >= 4 is 0 Å². The lowest BCUT2D eigenvalue weighted by atomic mass is 9.92. The Kier molecular flexibility index (Phi) is 4.12. The molecule has 1 aromatic heterocycles. The van der Waals surface area contributed by atoms with E-state index in [9.17, 15) is 0 Å². The summed E-state index contributed by atoms with van der Waals surface area (Å²) in [6.45, 7) is 4.64. The Bertz CT molecular complexity index is 555. The van der Waals surface area contributed by atoms with Gasteiger partial charge < -0.3 is 10.5 Å². The highest BCUT2D eigenvalue weighted by Crippen LogP contribution is 2.32. The van der Waals surface area contributed by atoms with E-state index >= 15 is 0 Å². The summed E-state index contributed by atoms with van der Waals surface area (Å²) in [4.78, 5) is 8.25. The minimum atomic E-state index is 0.0252. The van der Waals surface area contributed by atoms with E-state index in [0.717, 1.165) is 17.0 Å². The number of rotatable bonds is 4. The van der Waals surface area contributed by atoms with E-state index in [-0.39, 0.29) is 5.92 Å². The largest absolute Gasteiger partial charge is 0.496 e. The second-order valence-electron chi connectivity index (χ2n) is 4.60. The van der Waals surface area contributed by atoms with Crippen molar-refractivity contribution in [2.75, 3.05) is 13.7 Å². The molecule has 4 nitrogen and oxygen atoms in total. The van der Waals surface area contributed by atoms with Crippen LogP contribution in [0.2, 0.25) is 0 Å². The summed E-state index contributed by atoms with van der Waals surface area (Å²) in [6.07, 6.45) is 3.28. The molecule has 19 heavy (non-hydrogen) atoms. The van der Waals surface area contributed by atoms with Crippen LogP contribution < -0.4 is 10.5 Å². The summed E-state index contributed by atoms with van der Waals surface area (Å²) < 4.78 is 5.49. The van der Waals surface area contributed by atoms with Crippen molar-refractivity contribution in [1.82, 2.24) is 9.97 Å². The Balaban J connectivity index is 2.52. The third-order valence-electron chi connectivity index (χ3n) is 3.42. The fourth-order valence-electron chi connectivity index (χ4n) is 2.18. The molecule has 0 aliphatic rings. The summed E-state index contributed by atoms with van der Waals surface area (Å²) >= 11 is 0. The Labute approximate surface area is 113 Å². The molecule has 100 valence electrons. The van der Waals surface area contributed by atoms with Crippen molar-refractivity contribution in [3.8, 4) is 5.75 Å². The first-order valence-corrected chi connectivity index (χ1v) is 6.28. The average molecular weight is 257 g/mol. The number of aryl methyl sites for hydroxylation is 2. The van der Waals surface area contributed by atoms with E-state index in [1.807, 2.05) is 6.07 Å². The summed E-state index contributed by atoms with van der Waals surface area (Å²) in [5.41, 5.74) is 10.4. The molecule has 0 aliphatic heterocycles. The second kappa shape index (κ2) is 5.80. The fourth-order valence-corrected chi connectivity index (χ4v) is 2.18. The minimum Gasteiger partial charge on any atom is -0.496 e. The van der Waals surface area contributed by atoms with Gasteiger partial charge in [-0.15, -0.1) is 0 Å². The predicted molar refractivity (Wildman–Crippen MR) is 75.4 cm³/mol. The van der Waals surface area contributed by atoms with Gasteiger partial charge in [0.05, 0.1) is 12.8 Å². The van der Waals surface area contributed by atoms with Crippen LogP contribution in [0, 0.1) is 13.8 Å². The van der Waals surface area contributed by atoms with Crippen LogP contribution in [0.3, 0.4) is 0 Å². The molecule has 0 spiro atoms. The van der Waals surface area contributed by atoms with Crippen molar-refractivity contribution in [3.05, 3.63) is 53.1 Å². The first-order valence-electron chi connectivity index (χ1n) is 6.28. The van der Waals surface area contributed by atoms with Gasteiger partial charge in [0.1, 0.15) is 12.1 Å². The van der Waals surface area contributed by atoms with Crippen molar-refractivity contribution in [2.24, 2.45) is 5.73 Å². The molecule has 4 heteroatoms. The topological polar surface area (TPSA) is 61.0 Å². The van der Waals surface area contributed by atoms with Gasteiger partial charge in [-0.05, 0) is 37.1 Å². The van der Waals surface area contributed by atoms with Gasteiger partial charge in [-0.1, -0.05) is 6.07 Å². The third kappa shape index (κ3) is 2.74. The molecule has 1 aromatic carbocycles. The van der Waals surface area contributed by atoms with Crippen LogP contribution in [0.1, 0.15) is 28.3 Å². The zero-order chi connectivity index (χ0) is 13.8. The lowest BCUT2D eigenvalue weighted by Crippen LogP contribution is -2.16. The molecule has 2 N–H and O–H groups in total. The van der Waals surface area contributed by atoms with Gasteiger partial charge in [0.15, 0.2) is 0 Å². The Hall–Kier alpha value is -1.94. The first kappa shape index (κ1) is 13.5. The maximum absolute atomic E-state index is 5.93. The number of methoxy groups -OCH3 is 1. The second-order valence-corrected chi connectivity index (χ2v) is 4.60. The van der Waals surface area contributed by atoms with E-state index in [1.54, 1.807) is 19.6 Å². The average Bonchev–Trinajstić information content (AvgIpc) is 2.44. The first-order chi connectivity index (χ1) is 9.17. The molecule has 2 aromatic rings. The number of ether oxygens (including phenoxy) is 1. The summed E-state index contributed by atoms with van der Waals surface area (Å²) in [5, 5.41) is 0. The Morgan fingerprint density at radius 1 is 1.26 bits per heavy atom. The molecular weight excluding hydrogens is 238 g/mol. The van der Waals surface area contributed by atoms with Crippen LogP contribution in [0.25, 0.3) is 0 Å². The van der Waals surface area contributed by atoms with Crippen LogP contribution in [0.5, 0.6) is 5.75 Å². The number of nitrogens with zero attached hydrogens (tertiary/aromatic N) is 2. The third-order valence-corrected chi connectivity index (χ3v) is 3.42. The van der Waals surface area contributed by atoms with Gasteiger partial charge in [-0.25, -0.2) is 9.97 Å². The SMILES string of the molecule is COc1cc(C)c(C)cc1C(CN)c1ccncn1. The number of benzene rings is 1. The van der Waals surface area contributed by atoms with Crippen LogP contribution in [0.15, 0.2) is 30.7 Å². The zero-order valence-corrected chi connectivity index (χ0v) is 11.6. The molecule has 0 aliphatic carbocycles. The van der Waals surface area contributed by atoms with Crippen molar-refractivity contribution in [1.29, 1.82) is 0 Å². The van der Waals surface area contributed by atoms with Crippen LogP contribution in [-0.2, 0) is 0 Å². The van der Waals surface area contributed by atoms with Gasteiger partial charge in [0.25, 0.3) is 0 Å². The van der Waals surface area contributed by atoms with E-state index in [0.29, 0.717) is 6.54 Å². The molecule has 0 amide bonds. The maximum atomic E-state index is 5.93. The normalized spacial score (nSPS) is 12.2. The van der Waals surface area contributed by atoms with E-state index in [1.165, 1.54) is 11.1 Å². The van der Waals surface area contributed by atoms with Crippen LogP contribution in [0.4, 0.5) is 0 Å². The molecule has 0 bridgehead atoms. The van der Waals surface area contributed by atoms with Crippen LogP contribution in [-0.4, -0.2) is 23.6 Å². The number of nitrogens with two attached hydrogens (primary N) is 1. The summed E-state index contributed by atoms with van der Waals surface area (Å²) in [5.74, 6) is 0.884. The zero-order valence-electron chi connectivity index (χ0n) is 11.6. The van der Waals surface area contributed by atoms with Gasteiger partial charge in [-0.3, -0.25) is 0 Å². The lowest BCUT2D eigenvalue weighted by molar-refractivity contribution is 0.407. The molecule has 0 saturated heterocycles. The molecular formula is C15H19N3O. The number of hydrogen-bond donors (Lipinski definition) is 1.